The van der Waals surface area contributed by atoms with Crippen LogP contribution in [-0.4, -0.2) is 27.8 Å². The number of carbonyl (C=O) groups is 1. The van der Waals surface area contributed by atoms with E-state index in [0.29, 0.717) is 37.2 Å². The zero-order valence-corrected chi connectivity index (χ0v) is 19.5. The Kier molecular flexibility index (Phi) is 6.12. The van der Waals surface area contributed by atoms with E-state index in [9.17, 15) is 13.6 Å². The van der Waals surface area contributed by atoms with Crippen molar-refractivity contribution in [2.45, 2.75) is 10.9 Å². The lowest BCUT2D eigenvalue weighted by molar-refractivity contribution is 0.0605. The summed E-state index contributed by atoms with van der Waals surface area (Å²) in [5, 5.41) is 9.66. The molecule has 0 unspecified atom stereocenters. The average molecular weight is 494 g/mol. The van der Waals surface area contributed by atoms with Gasteiger partial charge in [-0.15, -0.1) is 21.5 Å². The van der Waals surface area contributed by atoms with Crippen molar-refractivity contribution in [3.05, 3.63) is 94.9 Å². The fraction of sp³-hybridized carbons (Fsp3) is 0.0800. The van der Waals surface area contributed by atoms with Gasteiger partial charge in [0, 0.05) is 27.1 Å². The van der Waals surface area contributed by atoms with Gasteiger partial charge in [-0.2, -0.15) is 0 Å². The van der Waals surface area contributed by atoms with Gasteiger partial charge in [-0.25, -0.2) is 13.6 Å². The number of methoxy groups -OCH3 is 1. The number of esters is 1. The second-order valence-corrected chi connectivity index (χ2v) is 9.28. The lowest BCUT2D eigenvalue weighted by Crippen LogP contribution is -2.03. The molecular weight excluding hydrogens is 476 g/mol. The van der Waals surface area contributed by atoms with Crippen molar-refractivity contribution >= 4 is 39.2 Å². The summed E-state index contributed by atoms with van der Waals surface area (Å²) >= 11 is 2.51. The molecule has 5 aromatic rings. The topological polar surface area (TPSA) is 57.0 Å². The average Bonchev–Trinajstić information content (AvgIpc) is 3.45. The number of hydrogen-bond donors (Lipinski definition) is 0. The summed E-state index contributed by atoms with van der Waals surface area (Å²) in [5.74, 6) is -0.412. The third-order valence-electron chi connectivity index (χ3n) is 5.23. The van der Waals surface area contributed by atoms with Gasteiger partial charge >= 0.3 is 5.97 Å². The van der Waals surface area contributed by atoms with Crippen LogP contribution in [0.3, 0.4) is 0 Å². The number of thioether (sulfide) groups is 1. The first-order valence-electron chi connectivity index (χ1n) is 10.2. The molecule has 2 aromatic heterocycles. The summed E-state index contributed by atoms with van der Waals surface area (Å²) in [6.07, 6.45) is 0. The second-order valence-electron chi connectivity index (χ2n) is 7.29. The van der Waals surface area contributed by atoms with Crippen LogP contribution in [0.15, 0.2) is 78.0 Å². The fourth-order valence-electron chi connectivity index (χ4n) is 3.66. The zero-order chi connectivity index (χ0) is 23.7. The van der Waals surface area contributed by atoms with Crippen LogP contribution < -0.4 is 0 Å². The molecule has 5 rings (SSSR count). The third-order valence-corrected chi connectivity index (χ3v) is 7.36. The van der Waals surface area contributed by atoms with Crippen molar-refractivity contribution in [1.29, 1.82) is 0 Å². The van der Waals surface area contributed by atoms with Gasteiger partial charge in [0.2, 0.25) is 0 Å². The van der Waals surface area contributed by atoms with Gasteiger partial charge in [0.05, 0.1) is 7.11 Å². The third kappa shape index (κ3) is 4.08. The van der Waals surface area contributed by atoms with E-state index in [1.54, 1.807) is 24.3 Å². The smallest absolute Gasteiger partial charge is 0.348 e. The maximum Gasteiger partial charge on any atom is 0.348 e. The van der Waals surface area contributed by atoms with Crippen LogP contribution in [0.1, 0.15) is 15.2 Å². The number of rotatable bonds is 6. The van der Waals surface area contributed by atoms with E-state index < -0.39 is 11.8 Å². The van der Waals surface area contributed by atoms with Gasteiger partial charge < -0.3 is 4.74 Å². The monoisotopic (exact) mass is 493 g/mol. The summed E-state index contributed by atoms with van der Waals surface area (Å²) < 4.78 is 35.8. The van der Waals surface area contributed by atoms with Crippen LogP contribution in [0.5, 0.6) is 0 Å². The van der Waals surface area contributed by atoms with Crippen LogP contribution in [0.2, 0.25) is 0 Å². The van der Waals surface area contributed by atoms with E-state index in [1.165, 1.54) is 48.4 Å². The number of thiophene rings is 1. The molecule has 2 heterocycles. The SMILES string of the molecule is COC(=O)c1sc2cccc(F)c2c1CSc1nnc(-c2ccccc2)n1-c1ccc(F)cc1. The molecule has 0 amide bonds. The molecule has 0 aliphatic rings. The van der Waals surface area contributed by atoms with Crippen molar-refractivity contribution < 1.29 is 18.3 Å². The van der Waals surface area contributed by atoms with Crippen molar-refractivity contribution in [2.24, 2.45) is 0 Å². The van der Waals surface area contributed by atoms with E-state index in [0.717, 1.165) is 5.56 Å². The molecular formula is C25H17F2N3O2S2. The summed E-state index contributed by atoms with van der Waals surface area (Å²) in [6.45, 7) is 0. The maximum absolute atomic E-state index is 14.7. The van der Waals surface area contributed by atoms with Crippen LogP contribution >= 0.6 is 23.1 Å². The lowest BCUT2D eigenvalue weighted by Gasteiger charge is -2.11. The van der Waals surface area contributed by atoms with E-state index in [1.807, 2.05) is 34.9 Å². The van der Waals surface area contributed by atoms with Crippen LogP contribution in [0, 0.1) is 11.6 Å². The Morgan fingerprint density at radius 3 is 2.50 bits per heavy atom. The molecule has 3 aromatic carbocycles. The quantitative estimate of drug-likeness (QED) is 0.199. The molecule has 5 nitrogen and oxygen atoms in total. The highest BCUT2D eigenvalue weighted by Gasteiger charge is 2.23. The van der Waals surface area contributed by atoms with Crippen molar-refractivity contribution in [3.63, 3.8) is 0 Å². The predicted octanol–water partition coefficient (Wildman–Crippen LogP) is 6.51. The molecule has 34 heavy (non-hydrogen) atoms. The van der Waals surface area contributed by atoms with Crippen LogP contribution in [0.4, 0.5) is 8.78 Å². The summed E-state index contributed by atoms with van der Waals surface area (Å²) in [7, 11) is 1.30. The number of carbonyl (C=O) groups excluding carboxylic acids is 1. The molecule has 0 radical (unpaired) electrons. The van der Waals surface area contributed by atoms with Crippen LogP contribution in [0.25, 0.3) is 27.2 Å². The molecule has 0 bridgehead atoms. The molecule has 9 heteroatoms. The minimum atomic E-state index is -0.513. The van der Waals surface area contributed by atoms with E-state index >= 15 is 0 Å². The largest absolute Gasteiger partial charge is 0.465 e. The minimum Gasteiger partial charge on any atom is -0.465 e. The summed E-state index contributed by atoms with van der Waals surface area (Å²) in [6, 6.07) is 20.3. The van der Waals surface area contributed by atoms with Gasteiger partial charge in [0.15, 0.2) is 11.0 Å². The lowest BCUT2D eigenvalue weighted by atomic mass is 10.1. The second kappa shape index (κ2) is 9.36. The fourth-order valence-corrected chi connectivity index (χ4v) is 5.89. The van der Waals surface area contributed by atoms with Gasteiger partial charge in [-0.3, -0.25) is 4.57 Å². The molecule has 0 fully saturated rings. The first kappa shape index (κ1) is 22.2. The number of benzene rings is 3. The summed E-state index contributed by atoms with van der Waals surface area (Å²) in [4.78, 5) is 12.8. The van der Waals surface area contributed by atoms with Gasteiger partial charge in [0.25, 0.3) is 0 Å². The minimum absolute atomic E-state index is 0.263. The Balaban J connectivity index is 1.59. The molecule has 0 N–H and O–H groups in total. The van der Waals surface area contributed by atoms with Crippen LogP contribution in [-0.2, 0) is 10.5 Å². The van der Waals surface area contributed by atoms with Crippen molar-refractivity contribution in [3.8, 4) is 17.1 Å². The number of aromatic nitrogens is 3. The van der Waals surface area contributed by atoms with E-state index in [2.05, 4.69) is 10.2 Å². The Morgan fingerprint density at radius 2 is 1.76 bits per heavy atom. The number of halogens is 2. The molecule has 0 atom stereocenters. The number of ether oxygens (including phenoxy) is 1. The van der Waals surface area contributed by atoms with E-state index in [-0.39, 0.29) is 11.6 Å². The Morgan fingerprint density at radius 1 is 1.00 bits per heavy atom. The Labute approximate surface area is 202 Å². The molecule has 0 spiro atoms. The normalized spacial score (nSPS) is 11.1. The molecule has 0 saturated carbocycles. The highest BCUT2D eigenvalue weighted by molar-refractivity contribution is 7.98. The summed E-state index contributed by atoms with van der Waals surface area (Å²) in [5.41, 5.74) is 2.07. The number of fused-ring (bicyclic) bond motifs is 1. The first-order chi connectivity index (χ1) is 16.6. The maximum atomic E-state index is 14.7. The molecule has 170 valence electrons. The van der Waals surface area contributed by atoms with Gasteiger partial charge in [-0.05, 0) is 42.0 Å². The zero-order valence-electron chi connectivity index (χ0n) is 17.9. The van der Waals surface area contributed by atoms with Crippen molar-refractivity contribution in [1.82, 2.24) is 14.8 Å². The van der Waals surface area contributed by atoms with Crippen molar-refractivity contribution in [2.75, 3.05) is 7.11 Å². The van der Waals surface area contributed by atoms with E-state index in [4.69, 9.17) is 4.74 Å². The molecule has 0 saturated heterocycles. The standard InChI is InChI=1S/C25H17F2N3O2S2/c1-32-24(31)22-18(21-19(27)8-5-9-20(21)34-22)14-33-25-29-28-23(15-6-3-2-4-7-15)30(25)17-12-10-16(26)11-13-17/h2-13H,14H2,1H3. The predicted molar refractivity (Wildman–Crippen MR) is 129 cm³/mol. The molecule has 0 aliphatic heterocycles. The highest BCUT2D eigenvalue weighted by atomic mass is 32.2. The Hall–Kier alpha value is -3.56. The molecule has 0 aliphatic carbocycles. The number of nitrogens with zero attached hydrogens (tertiary/aromatic N) is 3. The van der Waals surface area contributed by atoms with Gasteiger partial charge in [-0.1, -0.05) is 48.2 Å². The van der Waals surface area contributed by atoms with Gasteiger partial charge in [0.1, 0.15) is 16.5 Å². The number of hydrogen-bond acceptors (Lipinski definition) is 6. The Bertz CT molecular complexity index is 1480. The first-order valence-corrected chi connectivity index (χ1v) is 12.0. The highest BCUT2D eigenvalue weighted by Crippen LogP contribution is 2.38.